The van der Waals surface area contributed by atoms with E-state index in [1.165, 1.54) is 4.90 Å². The largest absolute Gasteiger partial charge is 0.484 e. The van der Waals surface area contributed by atoms with E-state index in [0.29, 0.717) is 44.2 Å². The average Bonchev–Trinajstić information content (AvgIpc) is 2.80. The number of ether oxygens (including phenoxy) is 2. The fourth-order valence-electron chi connectivity index (χ4n) is 2.80. The molecule has 0 spiro atoms. The van der Waals surface area contributed by atoms with Crippen LogP contribution in [-0.4, -0.2) is 46.5 Å². The molecule has 0 atom stereocenters. The van der Waals surface area contributed by atoms with Crippen molar-refractivity contribution in [1.29, 1.82) is 0 Å². The Kier molecular flexibility index (Phi) is 6.39. The third kappa shape index (κ3) is 4.90. The van der Waals surface area contributed by atoms with Gasteiger partial charge >= 0.3 is 0 Å². The summed E-state index contributed by atoms with van der Waals surface area (Å²) in [6.45, 7) is -0.0872. The number of carbonyl (C=O) groups is 1. The lowest BCUT2D eigenvalue weighted by molar-refractivity contribution is -0.130. The molecule has 32 heavy (non-hydrogen) atoms. The number of rotatable bonds is 6. The van der Waals surface area contributed by atoms with E-state index in [1.54, 1.807) is 69.0 Å². The van der Waals surface area contributed by atoms with Gasteiger partial charge in [0, 0.05) is 38.1 Å². The fraction of sp³-hybridized carbons (Fsp3) is 0.130. The molecule has 0 fully saturated rings. The molecule has 0 aliphatic heterocycles. The van der Waals surface area contributed by atoms with Crippen LogP contribution >= 0.6 is 23.2 Å². The normalized spacial score (nSPS) is 10.8. The minimum absolute atomic E-state index is 0.0872. The molecular formula is C23H18Cl2N4O3. The molecule has 162 valence electrons. The summed E-state index contributed by atoms with van der Waals surface area (Å²) in [5.41, 5.74) is 1.38. The molecule has 1 amide bonds. The van der Waals surface area contributed by atoms with E-state index in [4.69, 9.17) is 32.7 Å². The summed E-state index contributed by atoms with van der Waals surface area (Å²) in [7, 11) is 3.34. The van der Waals surface area contributed by atoms with Gasteiger partial charge < -0.3 is 14.4 Å². The summed E-state index contributed by atoms with van der Waals surface area (Å²) in [4.78, 5) is 26.7. The molecule has 2 aromatic carbocycles. The molecule has 7 nitrogen and oxygen atoms in total. The van der Waals surface area contributed by atoms with Gasteiger partial charge in [0.1, 0.15) is 11.5 Å². The summed E-state index contributed by atoms with van der Waals surface area (Å²) in [5, 5.41) is 1.39. The minimum Gasteiger partial charge on any atom is -0.484 e. The topological polar surface area (TPSA) is 77.4 Å². The molecule has 0 unspecified atom stereocenters. The van der Waals surface area contributed by atoms with E-state index < -0.39 is 0 Å². The van der Waals surface area contributed by atoms with Crippen molar-refractivity contribution in [2.24, 2.45) is 0 Å². The zero-order valence-corrected chi connectivity index (χ0v) is 18.8. The van der Waals surface area contributed by atoms with Crippen LogP contribution in [0.25, 0.3) is 22.3 Å². The molecule has 0 aliphatic carbocycles. The zero-order chi connectivity index (χ0) is 22.7. The van der Waals surface area contributed by atoms with Crippen LogP contribution in [0, 0.1) is 0 Å². The molecule has 0 radical (unpaired) electrons. The zero-order valence-electron chi connectivity index (χ0n) is 17.3. The predicted octanol–water partition coefficient (Wildman–Crippen LogP) is 5.26. The van der Waals surface area contributed by atoms with E-state index in [0.717, 1.165) is 5.56 Å². The van der Waals surface area contributed by atoms with Gasteiger partial charge in [0.15, 0.2) is 12.4 Å². The molecule has 0 bridgehead atoms. The van der Waals surface area contributed by atoms with Gasteiger partial charge in [0.25, 0.3) is 5.91 Å². The monoisotopic (exact) mass is 468 g/mol. The number of pyridine rings is 1. The predicted molar refractivity (Wildman–Crippen MR) is 123 cm³/mol. The molecule has 0 aliphatic rings. The van der Waals surface area contributed by atoms with Crippen molar-refractivity contribution < 1.29 is 14.3 Å². The molecule has 0 N–H and O–H groups in total. The first-order chi connectivity index (χ1) is 15.4. The van der Waals surface area contributed by atoms with E-state index in [-0.39, 0.29) is 12.5 Å². The van der Waals surface area contributed by atoms with Crippen LogP contribution in [0.2, 0.25) is 10.0 Å². The van der Waals surface area contributed by atoms with Crippen LogP contribution in [0.3, 0.4) is 0 Å². The summed E-state index contributed by atoms with van der Waals surface area (Å²) in [6.07, 6.45) is 3.35. The van der Waals surface area contributed by atoms with Gasteiger partial charge in [0.2, 0.25) is 5.88 Å². The van der Waals surface area contributed by atoms with Crippen molar-refractivity contribution in [2.45, 2.75) is 0 Å². The molecule has 0 saturated heterocycles. The van der Waals surface area contributed by atoms with Crippen molar-refractivity contribution >= 4 is 40.0 Å². The first-order valence-corrected chi connectivity index (χ1v) is 10.3. The Hall–Kier alpha value is -3.42. The Morgan fingerprint density at radius 1 is 1.00 bits per heavy atom. The fourth-order valence-corrected chi connectivity index (χ4v) is 3.09. The number of likely N-dealkylation sites (N-methyl/N-ethyl adjacent to an activating group) is 1. The number of carbonyl (C=O) groups excluding carboxylic acids is 1. The molecule has 9 heteroatoms. The highest BCUT2D eigenvalue weighted by Crippen LogP contribution is 2.34. The van der Waals surface area contributed by atoms with Gasteiger partial charge in [-0.05, 0) is 42.5 Å². The average molecular weight is 469 g/mol. The molecular weight excluding hydrogens is 451 g/mol. The Morgan fingerprint density at radius 2 is 1.81 bits per heavy atom. The van der Waals surface area contributed by atoms with E-state index in [2.05, 4.69) is 15.0 Å². The first-order valence-electron chi connectivity index (χ1n) is 9.59. The van der Waals surface area contributed by atoms with E-state index in [9.17, 15) is 4.79 Å². The maximum absolute atomic E-state index is 11.9. The van der Waals surface area contributed by atoms with Crippen molar-refractivity contribution in [3.63, 3.8) is 0 Å². The maximum atomic E-state index is 11.9. The van der Waals surface area contributed by atoms with Crippen molar-refractivity contribution in [3.05, 3.63) is 71.0 Å². The van der Waals surface area contributed by atoms with Gasteiger partial charge in [-0.25, -0.2) is 4.98 Å². The van der Waals surface area contributed by atoms with E-state index in [1.807, 2.05) is 6.07 Å². The number of halogens is 2. The summed E-state index contributed by atoms with van der Waals surface area (Å²) >= 11 is 12.2. The second kappa shape index (κ2) is 9.38. The lowest BCUT2D eigenvalue weighted by Gasteiger charge is -2.13. The summed E-state index contributed by atoms with van der Waals surface area (Å²) in [6, 6.07) is 13.9. The van der Waals surface area contributed by atoms with E-state index >= 15 is 0 Å². The standard InChI is InChI=1S/C23H18Cl2N4O3/c1-29(2)21(30)13-31-15-6-8-20-17(10-15)23(32-16-5-7-18(24)19(25)11-16)28-22(27-20)14-4-3-9-26-12-14/h3-12H,13H2,1-2H3. The third-order valence-electron chi connectivity index (χ3n) is 4.52. The van der Waals surface area contributed by atoms with Crippen LogP contribution in [0.15, 0.2) is 60.9 Å². The number of fused-ring (bicyclic) bond motifs is 1. The van der Waals surface area contributed by atoms with Gasteiger partial charge in [-0.15, -0.1) is 0 Å². The van der Waals surface area contributed by atoms with Crippen LogP contribution in [0.4, 0.5) is 0 Å². The summed E-state index contributed by atoms with van der Waals surface area (Å²) in [5.74, 6) is 1.56. The highest BCUT2D eigenvalue weighted by Gasteiger charge is 2.14. The van der Waals surface area contributed by atoms with Gasteiger partial charge in [0.05, 0.1) is 20.9 Å². The summed E-state index contributed by atoms with van der Waals surface area (Å²) < 4.78 is 11.7. The number of amides is 1. The Bertz CT molecular complexity index is 1280. The Labute approximate surface area is 194 Å². The molecule has 4 aromatic rings. The highest BCUT2D eigenvalue weighted by molar-refractivity contribution is 6.42. The second-order valence-corrected chi connectivity index (χ2v) is 7.84. The van der Waals surface area contributed by atoms with Gasteiger partial charge in [-0.1, -0.05) is 23.2 Å². The Balaban J connectivity index is 1.77. The SMILES string of the molecule is CN(C)C(=O)COc1ccc2nc(-c3cccnc3)nc(Oc3ccc(Cl)c(Cl)c3)c2c1. The van der Waals surface area contributed by atoms with Crippen molar-refractivity contribution in [3.8, 4) is 28.8 Å². The first kappa shape index (κ1) is 21.8. The number of nitrogens with zero attached hydrogens (tertiary/aromatic N) is 4. The molecule has 2 heterocycles. The number of benzene rings is 2. The van der Waals surface area contributed by atoms with Crippen LogP contribution in [0.1, 0.15) is 0 Å². The third-order valence-corrected chi connectivity index (χ3v) is 5.26. The lowest BCUT2D eigenvalue weighted by Crippen LogP contribution is -2.27. The van der Waals surface area contributed by atoms with Crippen LogP contribution in [-0.2, 0) is 4.79 Å². The number of aromatic nitrogens is 3. The molecule has 2 aromatic heterocycles. The minimum atomic E-state index is -0.152. The van der Waals surface area contributed by atoms with Crippen molar-refractivity contribution in [1.82, 2.24) is 19.9 Å². The number of hydrogen-bond acceptors (Lipinski definition) is 6. The van der Waals surface area contributed by atoms with Gasteiger partial charge in [-0.2, -0.15) is 4.98 Å². The number of hydrogen-bond donors (Lipinski definition) is 0. The van der Waals surface area contributed by atoms with Crippen LogP contribution in [0.5, 0.6) is 17.4 Å². The van der Waals surface area contributed by atoms with Crippen LogP contribution < -0.4 is 9.47 Å². The highest BCUT2D eigenvalue weighted by atomic mass is 35.5. The quantitative estimate of drug-likeness (QED) is 0.384. The lowest BCUT2D eigenvalue weighted by atomic mass is 10.2. The Morgan fingerprint density at radius 3 is 2.53 bits per heavy atom. The molecule has 0 saturated carbocycles. The van der Waals surface area contributed by atoms with Crippen molar-refractivity contribution in [2.75, 3.05) is 20.7 Å². The maximum Gasteiger partial charge on any atom is 0.259 e. The second-order valence-electron chi connectivity index (χ2n) is 7.03. The smallest absolute Gasteiger partial charge is 0.259 e. The molecule has 4 rings (SSSR count). The van der Waals surface area contributed by atoms with Gasteiger partial charge in [-0.3, -0.25) is 9.78 Å².